The molecule has 1 heterocycles. The third-order valence-electron chi connectivity index (χ3n) is 6.01. The van der Waals surface area contributed by atoms with E-state index in [0.717, 1.165) is 29.8 Å². The number of fused-ring (bicyclic) bond motifs is 1. The van der Waals surface area contributed by atoms with Gasteiger partial charge in [-0.25, -0.2) is 4.98 Å². The predicted molar refractivity (Wildman–Crippen MR) is 131 cm³/mol. The summed E-state index contributed by atoms with van der Waals surface area (Å²) >= 11 is 0. The number of hydrogen-bond acceptors (Lipinski definition) is 3. The van der Waals surface area contributed by atoms with Gasteiger partial charge in [-0.05, 0) is 37.6 Å². The first-order chi connectivity index (χ1) is 15.7. The molecule has 0 saturated carbocycles. The van der Waals surface area contributed by atoms with Crippen molar-refractivity contribution in [3.05, 3.63) is 59.9 Å². The minimum absolute atomic E-state index is 0.152. The van der Waals surface area contributed by atoms with Gasteiger partial charge in [-0.1, -0.05) is 76.1 Å². The first-order valence-electron chi connectivity index (χ1n) is 12.0. The van der Waals surface area contributed by atoms with Crippen molar-refractivity contribution in [1.82, 2.24) is 14.9 Å². The van der Waals surface area contributed by atoms with Crippen LogP contribution in [0.1, 0.15) is 87.4 Å². The quantitative estimate of drug-likeness (QED) is 0.305. The summed E-state index contributed by atoms with van der Waals surface area (Å²) in [5, 5.41) is 3.12. The van der Waals surface area contributed by atoms with E-state index in [9.17, 15) is 4.79 Å². The van der Waals surface area contributed by atoms with Gasteiger partial charge in [0.2, 0.25) is 0 Å². The van der Waals surface area contributed by atoms with E-state index in [1.165, 1.54) is 44.9 Å². The molecule has 5 heteroatoms. The molecular formula is C27H37N3O2. The number of imidazole rings is 1. The fraction of sp³-hybridized carbons (Fsp3) is 0.481. The summed E-state index contributed by atoms with van der Waals surface area (Å²) in [6, 6.07) is 15.3. The first kappa shape index (κ1) is 23.8. The molecule has 1 atom stereocenters. The maximum Gasteiger partial charge on any atom is 0.255 e. The van der Waals surface area contributed by atoms with Gasteiger partial charge in [0.05, 0.1) is 29.7 Å². The Bertz CT molecular complexity index is 995. The van der Waals surface area contributed by atoms with Gasteiger partial charge < -0.3 is 14.6 Å². The highest BCUT2D eigenvalue weighted by atomic mass is 16.5. The SMILES string of the molecule is CCCCCCCCCCn1c(C(C)NC(=O)c2ccccc2OC)nc2ccccc21. The average molecular weight is 436 g/mol. The van der Waals surface area contributed by atoms with Crippen molar-refractivity contribution in [2.45, 2.75) is 77.8 Å². The second-order valence-corrected chi connectivity index (χ2v) is 8.48. The molecule has 3 rings (SSSR count). The molecule has 2 aromatic carbocycles. The number of nitrogens with zero attached hydrogens (tertiary/aromatic N) is 2. The van der Waals surface area contributed by atoms with E-state index >= 15 is 0 Å². The Balaban J connectivity index is 1.67. The van der Waals surface area contributed by atoms with Crippen LogP contribution in [0.4, 0.5) is 0 Å². The fourth-order valence-electron chi connectivity index (χ4n) is 4.23. The van der Waals surface area contributed by atoms with Crippen LogP contribution in [0.3, 0.4) is 0 Å². The summed E-state index contributed by atoms with van der Waals surface area (Å²) in [5.41, 5.74) is 2.64. The monoisotopic (exact) mass is 435 g/mol. The number of methoxy groups -OCH3 is 1. The van der Waals surface area contributed by atoms with Gasteiger partial charge in [0.25, 0.3) is 5.91 Å². The summed E-state index contributed by atoms with van der Waals surface area (Å²) in [5.74, 6) is 1.32. The number of rotatable bonds is 13. The van der Waals surface area contributed by atoms with Gasteiger partial charge in [-0.3, -0.25) is 4.79 Å². The van der Waals surface area contributed by atoms with Gasteiger partial charge in [0, 0.05) is 6.54 Å². The minimum Gasteiger partial charge on any atom is -0.496 e. The fourth-order valence-corrected chi connectivity index (χ4v) is 4.23. The number of carbonyl (C=O) groups is 1. The molecule has 1 unspecified atom stereocenters. The number of ether oxygens (including phenoxy) is 1. The van der Waals surface area contributed by atoms with Gasteiger partial charge in [-0.15, -0.1) is 0 Å². The van der Waals surface area contributed by atoms with Crippen molar-refractivity contribution in [3.8, 4) is 5.75 Å². The number of hydrogen-bond donors (Lipinski definition) is 1. The number of aryl methyl sites for hydroxylation is 1. The van der Waals surface area contributed by atoms with E-state index in [4.69, 9.17) is 9.72 Å². The van der Waals surface area contributed by atoms with Crippen molar-refractivity contribution in [2.75, 3.05) is 7.11 Å². The highest BCUT2D eigenvalue weighted by Crippen LogP contribution is 2.24. The number of nitrogens with one attached hydrogen (secondary N) is 1. The molecular weight excluding hydrogens is 398 g/mol. The molecule has 1 amide bonds. The molecule has 0 saturated heterocycles. The summed E-state index contributed by atoms with van der Waals surface area (Å²) in [7, 11) is 1.58. The molecule has 32 heavy (non-hydrogen) atoms. The zero-order chi connectivity index (χ0) is 22.8. The van der Waals surface area contributed by atoms with E-state index < -0.39 is 0 Å². The summed E-state index contributed by atoms with van der Waals surface area (Å²) < 4.78 is 7.63. The molecule has 0 bridgehead atoms. The van der Waals surface area contributed by atoms with Crippen LogP contribution in [0.15, 0.2) is 48.5 Å². The highest BCUT2D eigenvalue weighted by molar-refractivity contribution is 5.97. The smallest absolute Gasteiger partial charge is 0.255 e. The Hall–Kier alpha value is -2.82. The van der Waals surface area contributed by atoms with Gasteiger partial charge in [0.15, 0.2) is 0 Å². The lowest BCUT2D eigenvalue weighted by Crippen LogP contribution is -2.29. The van der Waals surface area contributed by atoms with E-state index in [2.05, 4.69) is 28.9 Å². The van der Waals surface area contributed by atoms with E-state index in [0.29, 0.717) is 11.3 Å². The Labute approximate surface area is 192 Å². The first-order valence-corrected chi connectivity index (χ1v) is 12.0. The van der Waals surface area contributed by atoms with Crippen molar-refractivity contribution in [3.63, 3.8) is 0 Å². The Kier molecular flexibility index (Phi) is 9.14. The molecule has 3 aromatic rings. The van der Waals surface area contributed by atoms with Crippen molar-refractivity contribution in [2.24, 2.45) is 0 Å². The van der Waals surface area contributed by atoms with E-state index in [1.807, 2.05) is 31.2 Å². The van der Waals surface area contributed by atoms with Crippen LogP contribution in [-0.4, -0.2) is 22.6 Å². The van der Waals surface area contributed by atoms with Crippen molar-refractivity contribution >= 4 is 16.9 Å². The third-order valence-corrected chi connectivity index (χ3v) is 6.01. The van der Waals surface area contributed by atoms with Crippen LogP contribution in [0.2, 0.25) is 0 Å². The highest BCUT2D eigenvalue weighted by Gasteiger charge is 2.20. The zero-order valence-electron chi connectivity index (χ0n) is 19.8. The van der Waals surface area contributed by atoms with Gasteiger partial charge in [-0.2, -0.15) is 0 Å². The van der Waals surface area contributed by atoms with Crippen molar-refractivity contribution in [1.29, 1.82) is 0 Å². The molecule has 0 radical (unpaired) electrons. The Morgan fingerprint density at radius 3 is 2.38 bits per heavy atom. The molecule has 0 aliphatic rings. The Morgan fingerprint density at radius 1 is 0.969 bits per heavy atom. The molecule has 172 valence electrons. The largest absolute Gasteiger partial charge is 0.496 e. The zero-order valence-corrected chi connectivity index (χ0v) is 19.8. The maximum atomic E-state index is 12.9. The number of para-hydroxylation sites is 3. The van der Waals surface area contributed by atoms with Crippen LogP contribution in [0.5, 0.6) is 5.75 Å². The predicted octanol–water partition coefficient (Wildman–Crippen LogP) is 6.68. The second kappa shape index (κ2) is 12.3. The standard InChI is InChI=1S/C27H37N3O2/c1-4-5-6-7-8-9-10-15-20-30-24-18-13-12-17-23(24)29-26(30)21(2)28-27(31)22-16-11-14-19-25(22)32-3/h11-14,16-19,21H,4-10,15,20H2,1-3H3,(H,28,31). The summed E-state index contributed by atoms with van der Waals surface area (Å²) in [6.07, 6.45) is 10.3. The van der Waals surface area contributed by atoms with Crippen molar-refractivity contribution < 1.29 is 9.53 Å². The summed E-state index contributed by atoms with van der Waals surface area (Å²) in [6.45, 7) is 5.17. The van der Waals surface area contributed by atoms with E-state index in [-0.39, 0.29) is 11.9 Å². The normalized spacial score (nSPS) is 12.1. The summed E-state index contributed by atoms with van der Waals surface area (Å²) in [4.78, 5) is 17.8. The molecule has 0 aliphatic carbocycles. The topological polar surface area (TPSA) is 56.2 Å². The number of unbranched alkanes of at least 4 members (excludes halogenated alkanes) is 7. The van der Waals surface area contributed by atoms with Crippen LogP contribution >= 0.6 is 0 Å². The minimum atomic E-state index is -0.214. The molecule has 5 nitrogen and oxygen atoms in total. The molecule has 0 fully saturated rings. The van der Waals surface area contributed by atoms with Crippen LogP contribution < -0.4 is 10.1 Å². The molecule has 0 spiro atoms. The molecule has 1 N–H and O–H groups in total. The average Bonchev–Trinajstić information content (AvgIpc) is 3.19. The molecule has 1 aromatic heterocycles. The maximum absolute atomic E-state index is 12.9. The lowest BCUT2D eigenvalue weighted by molar-refractivity contribution is 0.0934. The van der Waals surface area contributed by atoms with Crippen LogP contribution in [0, 0.1) is 0 Å². The lowest BCUT2D eigenvalue weighted by atomic mass is 10.1. The third kappa shape index (κ3) is 6.12. The van der Waals surface area contributed by atoms with E-state index in [1.54, 1.807) is 19.2 Å². The number of carbonyl (C=O) groups excluding carboxylic acids is 1. The second-order valence-electron chi connectivity index (χ2n) is 8.48. The number of aromatic nitrogens is 2. The number of benzene rings is 2. The van der Waals surface area contributed by atoms with Crippen LogP contribution in [0.25, 0.3) is 11.0 Å². The number of amides is 1. The van der Waals surface area contributed by atoms with Crippen LogP contribution in [-0.2, 0) is 6.54 Å². The Morgan fingerprint density at radius 2 is 1.62 bits per heavy atom. The lowest BCUT2D eigenvalue weighted by Gasteiger charge is -2.17. The van der Waals surface area contributed by atoms with Gasteiger partial charge in [0.1, 0.15) is 11.6 Å². The van der Waals surface area contributed by atoms with Gasteiger partial charge >= 0.3 is 0 Å². The molecule has 0 aliphatic heterocycles.